The second-order valence-electron chi connectivity index (χ2n) is 6.82. The lowest BCUT2D eigenvalue weighted by molar-refractivity contribution is -0.143. The van der Waals surface area contributed by atoms with Crippen molar-refractivity contribution in [3.63, 3.8) is 0 Å². The Bertz CT molecular complexity index is 375. The molecule has 0 amide bonds. The Morgan fingerprint density at radius 2 is 1.92 bits per heavy atom. The monoisotopic (exact) mass is 464 g/mol. The maximum absolute atomic E-state index is 12.4. The molecule has 0 saturated carbocycles. The molecule has 2 atom stereocenters. The Labute approximate surface area is 161 Å². The Balaban J connectivity index is 0.00000529. The zero-order chi connectivity index (χ0) is 17.5. The van der Waals surface area contributed by atoms with E-state index in [1.54, 1.807) is 0 Å². The molecule has 0 aromatic rings. The van der Waals surface area contributed by atoms with Crippen LogP contribution in [0.5, 0.6) is 0 Å². The predicted molar refractivity (Wildman–Crippen MR) is 104 cm³/mol. The molecular weight excluding hydrogens is 432 g/mol. The van der Waals surface area contributed by atoms with Gasteiger partial charge >= 0.3 is 6.18 Å². The summed E-state index contributed by atoms with van der Waals surface area (Å²) in [6.45, 7) is 9.14. The van der Waals surface area contributed by atoms with Gasteiger partial charge in [0.1, 0.15) is 0 Å². The third-order valence-electron chi connectivity index (χ3n) is 3.89. The molecule has 0 aliphatic carbocycles. The van der Waals surface area contributed by atoms with Crippen LogP contribution in [-0.2, 0) is 0 Å². The number of alkyl halides is 3. The summed E-state index contributed by atoms with van der Waals surface area (Å²) in [5.41, 5.74) is 0. The van der Waals surface area contributed by atoms with Gasteiger partial charge in [0, 0.05) is 31.7 Å². The summed E-state index contributed by atoms with van der Waals surface area (Å²) in [6.07, 6.45) is -1.23. The molecule has 0 radical (unpaired) electrons. The number of halogens is 4. The number of aliphatic imine (C=N–C) groups is 1. The highest BCUT2D eigenvalue weighted by Gasteiger charge is 2.34. The summed E-state index contributed by atoms with van der Waals surface area (Å²) in [7, 11) is 0. The topological polar surface area (TPSA) is 39.7 Å². The fourth-order valence-electron chi connectivity index (χ4n) is 2.72. The zero-order valence-electron chi connectivity index (χ0n) is 15.1. The number of nitrogens with one attached hydrogen (secondary N) is 2. The van der Waals surface area contributed by atoms with Gasteiger partial charge in [0.25, 0.3) is 0 Å². The van der Waals surface area contributed by atoms with E-state index in [1.807, 2.05) is 6.92 Å². The average molecular weight is 464 g/mol. The van der Waals surface area contributed by atoms with Gasteiger partial charge in [-0.15, -0.1) is 24.0 Å². The number of nitrogens with zero attached hydrogens (tertiary/aromatic N) is 2. The fraction of sp³-hybridized carbons (Fsp3) is 0.938. The number of hydrogen-bond donors (Lipinski definition) is 2. The third kappa shape index (κ3) is 10.6. The lowest BCUT2D eigenvalue weighted by atomic mass is 10.0. The number of guanidine groups is 1. The quantitative estimate of drug-likeness (QED) is 0.344. The van der Waals surface area contributed by atoms with Crippen LogP contribution in [0.3, 0.4) is 0 Å². The van der Waals surface area contributed by atoms with Gasteiger partial charge in [0.15, 0.2) is 5.96 Å². The van der Waals surface area contributed by atoms with Crippen molar-refractivity contribution >= 4 is 29.9 Å². The van der Waals surface area contributed by atoms with Gasteiger partial charge < -0.3 is 10.6 Å². The van der Waals surface area contributed by atoms with Crippen molar-refractivity contribution in [1.29, 1.82) is 0 Å². The molecule has 1 rings (SSSR count). The van der Waals surface area contributed by atoms with Crippen LogP contribution in [0.25, 0.3) is 0 Å². The van der Waals surface area contributed by atoms with Crippen LogP contribution in [0.2, 0.25) is 0 Å². The van der Waals surface area contributed by atoms with E-state index in [0.29, 0.717) is 44.0 Å². The number of hydrogen-bond acceptors (Lipinski definition) is 2. The van der Waals surface area contributed by atoms with Crippen LogP contribution in [0.4, 0.5) is 13.2 Å². The van der Waals surface area contributed by atoms with E-state index in [2.05, 4.69) is 36.4 Å². The smallest absolute Gasteiger partial charge is 0.354 e. The first-order chi connectivity index (χ1) is 10.7. The molecule has 0 bridgehead atoms. The van der Waals surface area contributed by atoms with Gasteiger partial charge in [0.2, 0.25) is 0 Å². The molecule has 1 heterocycles. The molecule has 8 heteroatoms. The molecule has 144 valence electrons. The predicted octanol–water partition coefficient (Wildman–Crippen LogP) is 3.62. The summed E-state index contributed by atoms with van der Waals surface area (Å²) in [5, 5.41) is 6.64. The minimum atomic E-state index is -4.13. The first kappa shape index (κ1) is 23.8. The van der Waals surface area contributed by atoms with Crippen LogP contribution >= 0.6 is 24.0 Å². The van der Waals surface area contributed by atoms with Crippen LogP contribution in [0.15, 0.2) is 4.99 Å². The van der Waals surface area contributed by atoms with Crippen LogP contribution in [-0.4, -0.2) is 55.3 Å². The SMILES string of the molecule is CCN=C(NC(C)CCC(C)C)NC1CCN(CC(F)(F)F)C1.I. The standard InChI is InChI=1S/C16H31F3N4.HI/c1-5-20-15(21-13(4)7-6-12(2)3)22-14-8-9-23(10-14)11-16(17,18)19;/h12-14H,5-11H2,1-4H3,(H2,20,21,22);1H. The molecule has 1 aliphatic heterocycles. The highest BCUT2D eigenvalue weighted by Crippen LogP contribution is 2.19. The molecule has 0 aromatic heterocycles. The second-order valence-corrected chi connectivity index (χ2v) is 6.82. The van der Waals surface area contributed by atoms with Gasteiger partial charge in [-0.1, -0.05) is 13.8 Å². The van der Waals surface area contributed by atoms with E-state index in [9.17, 15) is 13.2 Å². The third-order valence-corrected chi connectivity index (χ3v) is 3.89. The molecule has 0 spiro atoms. The van der Waals surface area contributed by atoms with Crippen molar-refractivity contribution in [3.8, 4) is 0 Å². The largest absolute Gasteiger partial charge is 0.401 e. The van der Waals surface area contributed by atoms with Gasteiger partial charge in [-0.05, 0) is 39.0 Å². The Kier molecular flexibility index (Phi) is 11.3. The highest BCUT2D eigenvalue weighted by atomic mass is 127. The van der Waals surface area contributed by atoms with Crippen molar-refractivity contribution < 1.29 is 13.2 Å². The molecule has 2 unspecified atom stereocenters. The van der Waals surface area contributed by atoms with Crippen LogP contribution in [0, 0.1) is 5.92 Å². The lowest BCUT2D eigenvalue weighted by Gasteiger charge is -2.22. The van der Waals surface area contributed by atoms with Crippen LogP contribution in [0.1, 0.15) is 47.0 Å². The van der Waals surface area contributed by atoms with E-state index < -0.39 is 12.7 Å². The van der Waals surface area contributed by atoms with Crippen molar-refractivity contribution in [2.75, 3.05) is 26.2 Å². The second kappa shape index (κ2) is 11.4. The molecule has 1 saturated heterocycles. The maximum Gasteiger partial charge on any atom is 0.401 e. The molecule has 0 aromatic carbocycles. The first-order valence-corrected chi connectivity index (χ1v) is 8.56. The van der Waals surface area contributed by atoms with Gasteiger partial charge in [-0.2, -0.15) is 13.2 Å². The normalized spacial score (nSPS) is 20.8. The Morgan fingerprint density at radius 1 is 1.25 bits per heavy atom. The summed E-state index contributed by atoms with van der Waals surface area (Å²) < 4.78 is 37.3. The average Bonchev–Trinajstić information content (AvgIpc) is 2.81. The van der Waals surface area contributed by atoms with Crippen molar-refractivity contribution in [1.82, 2.24) is 15.5 Å². The molecule has 1 fully saturated rings. The van der Waals surface area contributed by atoms with E-state index >= 15 is 0 Å². The highest BCUT2D eigenvalue weighted by molar-refractivity contribution is 14.0. The summed E-state index contributed by atoms with van der Waals surface area (Å²) in [5.74, 6) is 1.37. The van der Waals surface area contributed by atoms with Crippen molar-refractivity contribution in [3.05, 3.63) is 0 Å². The van der Waals surface area contributed by atoms with Gasteiger partial charge in [-0.25, -0.2) is 0 Å². The molecular formula is C16H32F3IN4. The minimum absolute atomic E-state index is 0. The van der Waals surface area contributed by atoms with E-state index in [4.69, 9.17) is 0 Å². The van der Waals surface area contributed by atoms with E-state index in [0.717, 1.165) is 12.8 Å². The lowest BCUT2D eigenvalue weighted by Crippen LogP contribution is -2.48. The summed E-state index contributed by atoms with van der Waals surface area (Å²) in [4.78, 5) is 5.86. The van der Waals surface area contributed by atoms with Crippen LogP contribution < -0.4 is 10.6 Å². The fourth-order valence-corrected chi connectivity index (χ4v) is 2.72. The number of likely N-dealkylation sites (tertiary alicyclic amines) is 1. The maximum atomic E-state index is 12.4. The molecule has 4 nitrogen and oxygen atoms in total. The van der Waals surface area contributed by atoms with Crippen molar-refractivity contribution in [2.24, 2.45) is 10.9 Å². The van der Waals surface area contributed by atoms with Gasteiger partial charge in [-0.3, -0.25) is 9.89 Å². The molecule has 24 heavy (non-hydrogen) atoms. The summed E-state index contributed by atoms with van der Waals surface area (Å²) in [6, 6.07) is 0.315. The molecule has 1 aliphatic rings. The number of rotatable bonds is 7. The molecule has 2 N–H and O–H groups in total. The minimum Gasteiger partial charge on any atom is -0.354 e. The Morgan fingerprint density at radius 3 is 2.46 bits per heavy atom. The van der Waals surface area contributed by atoms with E-state index in [1.165, 1.54) is 4.90 Å². The van der Waals surface area contributed by atoms with E-state index in [-0.39, 0.29) is 30.0 Å². The Hall–Kier alpha value is -0.250. The van der Waals surface area contributed by atoms with Crippen molar-refractivity contribution in [2.45, 2.75) is 65.2 Å². The first-order valence-electron chi connectivity index (χ1n) is 8.56. The zero-order valence-corrected chi connectivity index (χ0v) is 17.4. The van der Waals surface area contributed by atoms with Gasteiger partial charge in [0.05, 0.1) is 6.54 Å². The summed E-state index contributed by atoms with van der Waals surface area (Å²) >= 11 is 0.